The van der Waals surface area contributed by atoms with Crippen LogP contribution in [0.15, 0.2) is 51.1 Å². The first kappa shape index (κ1) is 14.9. The molecule has 2 rings (SSSR count). The Bertz CT molecular complexity index is 756. The lowest BCUT2D eigenvalue weighted by Crippen LogP contribution is -2.12. The minimum atomic E-state index is -3.72. The fourth-order valence-corrected chi connectivity index (χ4v) is 3.28. The van der Waals surface area contributed by atoms with Gasteiger partial charge in [0.1, 0.15) is 0 Å². The first-order valence-electron chi connectivity index (χ1n) is 5.95. The normalized spacial score (nSPS) is 11.6. The summed E-state index contributed by atoms with van der Waals surface area (Å²) in [5.74, 6) is 0. The molecule has 0 aliphatic carbocycles. The van der Waals surface area contributed by atoms with Gasteiger partial charge in [0.25, 0.3) is 0 Å². The van der Waals surface area contributed by atoms with Crippen LogP contribution in [0.4, 0.5) is 5.69 Å². The SMILES string of the molecule is Cc1ccc(Sc2ccc(S(N)(=O)=O)cc2N)c(C)c1. The summed E-state index contributed by atoms with van der Waals surface area (Å²) in [7, 11) is -3.72. The van der Waals surface area contributed by atoms with Gasteiger partial charge in [0.2, 0.25) is 10.0 Å². The number of sulfonamides is 1. The van der Waals surface area contributed by atoms with Crippen molar-refractivity contribution in [3.8, 4) is 0 Å². The predicted octanol–water partition coefficient (Wildman–Crippen LogP) is 2.68. The number of nitrogens with two attached hydrogens (primary N) is 2. The van der Waals surface area contributed by atoms with Gasteiger partial charge in [-0.3, -0.25) is 0 Å². The average Bonchev–Trinajstić information content (AvgIpc) is 2.33. The van der Waals surface area contributed by atoms with E-state index >= 15 is 0 Å². The quantitative estimate of drug-likeness (QED) is 0.854. The lowest BCUT2D eigenvalue weighted by molar-refractivity contribution is 0.598. The molecule has 0 fully saturated rings. The molecule has 0 aliphatic rings. The van der Waals surface area contributed by atoms with Crippen molar-refractivity contribution in [1.29, 1.82) is 0 Å². The van der Waals surface area contributed by atoms with Crippen molar-refractivity contribution in [1.82, 2.24) is 0 Å². The third kappa shape index (κ3) is 3.33. The van der Waals surface area contributed by atoms with E-state index in [0.29, 0.717) is 5.69 Å². The molecule has 0 saturated carbocycles. The largest absolute Gasteiger partial charge is 0.398 e. The number of nitrogen functional groups attached to an aromatic ring is 1. The summed E-state index contributed by atoms with van der Waals surface area (Å²) in [5.41, 5.74) is 8.67. The molecule has 4 N–H and O–H groups in total. The maximum atomic E-state index is 11.3. The molecule has 0 unspecified atom stereocenters. The van der Waals surface area contributed by atoms with Crippen molar-refractivity contribution in [2.24, 2.45) is 5.14 Å². The summed E-state index contributed by atoms with van der Waals surface area (Å²) in [6, 6.07) is 10.7. The second-order valence-corrected chi connectivity index (χ2v) is 7.26. The van der Waals surface area contributed by atoms with E-state index in [0.717, 1.165) is 15.4 Å². The van der Waals surface area contributed by atoms with Gasteiger partial charge in [-0.1, -0.05) is 29.5 Å². The highest BCUT2D eigenvalue weighted by atomic mass is 32.2. The topological polar surface area (TPSA) is 86.2 Å². The first-order valence-corrected chi connectivity index (χ1v) is 8.31. The number of benzene rings is 2. The highest BCUT2D eigenvalue weighted by molar-refractivity contribution is 7.99. The van der Waals surface area contributed by atoms with Crippen LogP contribution in [0, 0.1) is 13.8 Å². The van der Waals surface area contributed by atoms with Gasteiger partial charge in [-0.05, 0) is 43.7 Å². The summed E-state index contributed by atoms with van der Waals surface area (Å²) in [4.78, 5) is 1.93. The zero-order valence-corrected chi connectivity index (χ0v) is 12.9. The second kappa shape index (κ2) is 5.47. The monoisotopic (exact) mass is 308 g/mol. The van der Waals surface area contributed by atoms with E-state index in [9.17, 15) is 8.42 Å². The zero-order chi connectivity index (χ0) is 14.9. The number of rotatable bonds is 3. The number of primary sulfonamides is 1. The van der Waals surface area contributed by atoms with Crippen molar-refractivity contribution >= 4 is 27.5 Å². The van der Waals surface area contributed by atoms with Crippen LogP contribution in [0.5, 0.6) is 0 Å². The Labute approximate surface area is 123 Å². The summed E-state index contributed by atoms with van der Waals surface area (Å²) in [6.07, 6.45) is 0. The van der Waals surface area contributed by atoms with Gasteiger partial charge in [-0.25, -0.2) is 13.6 Å². The summed E-state index contributed by atoms with van der Waals surface area (Å²) in [6.45, 7) is 4.07. The maximum absolute atomic E-state index is 11.3. The minimum Gasteiger partial charge on any atom is -0.398 e. The molecule has 20 heavy (non-hydrogen) atoms. The molecule has 0 spiro atoms. The maximum Gasteiger partial charge on any atom is 0.238 e. The van der Waals surface area contributed by atoms with E-state index in [-0.39, 0.29) is 4.90 Å². The van der Waals surface area contributed by atoms with Gasteiger partial charge in [0, 0.05) is 15.5 Å². The van der Waals surface area contributed by atoms with Crippen molar-refractivity contribution in [3.05, 3.63) is 47.5 Å². The molecule has 0 aliphatic heterocycles. The molecule has 4 nitrogen and oxygen atoms in total. The number of hydrogen-bond donors (Lipinski definition) is 2. The Morgan fingerprint density at radius 1 is 1.00 bits per heavy atom. The fraction of sp³-hybridized carbons (Fsp3) is 0.143. The van der Waals surface area contributed by atoms with Gasteiger partial charge in [0.05, 0.1) is 4.90 Å². The van der Waals surface area contributed by atoms with Crippen molar-refractivity contribution in [2.75, 3.05) is 5.73 Å². The molecule has 0 radical (unpaired) electrons. The van der Waals surface area contributed by atoms with Gasteiger partial charge in [-0.15, -0.1) is 0 Å². The zero-order valence-electron chi connectivity index (χ0n) is 11.3. The number of aryl methyl sites for hydroxylation is 2. The molecular formula is C14H16N2O2S2. The van der Waals surface area contributed by atoms with E-state index < -0.39 is 10.0 Å². The predicted molar refractivity (Wildman–Crippen MR) is 82.3 cm³/mol. The smallest absolute Gasteiger partial charge is 0.238 e. The third-order valence-electron chi connectivity index (χ3n) is 2.86. The Hall–Kier alpha value is -1.50. The third-order valence-corrected chi connectivity index (χ3v) is 5.04. The Morgan fingerprint density at radius 2 is 1.65 bits per heavy atom. The summed E-state index contributed by atoms with van der Waals surface area (Å²) < 4.78 is 22.5. The minimum absolute atomic E-state index is 0.0278. The Balaban J connectivity index is 2.35. The van der Waals surface area contributed by atoms with Crippen LogP contribution >= 0.6 is 11.8 Å². The van der Waals surface area contributed by atoms with Crippen LogP contribution in [0.3, 0.4) is 0 Å². The fourth-order valence-electron chi connectivity index (χ4n) is 1.83. The van der Waals surface area contributed by atoms with Crippen LogP contribution in [-0.4, -0.2) is 8.42 Å². The highest BCUT2D eigenvalue weighted by Crippen LogP contribution is 2.35. The van der Waals surface area contributed by atoms with Crippen LogP contribution in [0.25, 0.3) is 0 Å². The average molecular weight is 308 g/mol. The lowest BCUT2D eigenvalue weighted by atomic mass is 10.2. The molecule has 106 valence electrons. The van der Waals surface area contributed by atoms with Gasteiger partial charge in [-0.2, -0.15) is 0 Å². The lowest BCUT2D eigenvalue weighted by Gasteiger charge is -2.09. The Kier molecular flexibility index (Phi) is 4.08. The standard InChI is InChI=1S/C14H16N2O2S2/c1-9-3-5-13(10(2)7-9)19-14-6-4-11(8-12(14)15)20(16,17)18/h3-8H,15H2,1-2H3,(H2,16,17,18). The summed E-state index contributed by atoms with van der Waals surface area (Å²) in [5, 5.41) is 5.08. The van der Waals surface area contributed by atoms with Crippen LogP contribution in [0.1, 0.15) is 11.1 Å². The first-order chi connectivity index (χ1) is 9.27. The summed E-state index contributed by atoms with van der Waals surface area (Å²) >= 11 is 1.51. The Morgan fingerprint density at radius 3 is 2.20 bits per heavy atom. The molecule has 0 bridgehead atoms. The molecule has 0 saturated heterocycles. The molecule has 0 amide bonds. The van der Waals surface area contributed by atoms with E-state index in [1.54, 1.807) is 6.07 Å². The van der Waals surface area contributed by atoms with Crippen LogP contribution < -0.4 is 10.9 Å². The van der Waals surface area contributed by atoms with Gasteiger partial charge in [0.15, 0.2) is 0 Å². The van der Waals surface area contributed by atoms with Crippen LogP contribution in [-0.2, 0) is 10.0 Å². The van der Waals surface area contributed by atoms with Crippen molar-refractivity contribution in [3.63, 3.8) is 0 Å². The van der Waals surface area contributed by atoms with E-state index in [4.69, 9.17) is 10.9 Å². The highest BCUT2D eigenvalue weighted by Gasteiger charge is 2.11. The van der Waals surface area contributed by atoms with Gasteiger partial charge < -0.3 is 5.73 Å². The van der Waals surface area contributed by atoms with Gasteiger partial charge >= 0.3 is 0 Å². The molecule has 2 aromatic carbocycles. The molecule has 2 aromatic rings. The van der Waals surface area contributed by atoms with Crippen LogP contribution in [0.2, 0.25) is 0 Å². The second-order valence-electron chi connectivity index (χ2n) is 4.62. The number of hydrogen-bond acceptors (Lipinski definition) is 4. The molecule has 0 heterocycles. The molecule has 6 heteroatoms. The van der Waals surface area contributed by atoms with E-state index in [2.05, 4.69) is 6.07 Å². The van der Waals surface area contributed by atoms with Crippen molar-refractivity contribution in [2.45, 2.75) is 28.5 Å². The molecule has 0 aromatic heterocycles. The van der Waals surface area contributed by atoms with Crippen molar-refractivity contribution < 1.29 is 8.42 Å². The van der Waals surface area contributed by atoms with E-state index in [1.807, 2.05) is 26.0 Å². The van der Waals surface area contributed by atoms with E-state index in [1.165, 1.54) is 29.5 Å². The molecule has 0 atom stereocenters. The number of anilines is 1. The molecular weight excluding hydrogens is 292 g/mol.